The van der Waals surface area contributed by atoms with Crippen LogP contribution in [0.3, 0.4) is 0 Å². The third-order valence-electron chi connectivity index (χ3n) is 4.67. The van der Waals surface area contributed by atoms with Crippen LogP contribution in [0.5, 0.6) is 0 Å². The Morgan fingerprint density at radius 3 is 2.33 bits per heavy atom. The first-order valence-corrected chi connectivity index (χ1v) is 10.2. The molecule has 27 heavy (non-hydrogen) atoms. The van der Waals surface area contributed by atoms with Gasteiger partial charge in [-0.2, -0.15) is 4.31 Å². The van der Waals surface area contributed by atoms with Crippen molar-refractivity contribution in [3.63, 3.8) is 0 Å². The molecule has 0 N–H and O–H groups in total. The minimum atomic E-state index is -3.56. The zero-order valence-electron chi connectivity index (χ0n) is 14.6. The molecule has 1 amide bonds. The summed E-state index contributed by atoms with van der Waals surface area (Å²) in [7, 11) is -3.56. The van der Waals surface area contributed by atoms with Gasteiger partial charge in [0, 0.05) is 32.3 Å². The molecule has 2 aliphatic rings. The first kappa shape index (κ1) is 18.0. The Hall–Kier alpha value is -2.42. The lowest BCUT2D eigenvalue weighted by atomic mass is 10.1. The van der Waals surface area contributed by atoms with Crippen molar-refractivity contribution in [2.24, 2.45) is 0 Å². The molecule has 0 aliphatic carbocycles. The third-order valence-corrected chi connectivity index (χ3v) is 6.52. The van der Waals surface area contributed by atoms with Crippen LogP contribution in [0.1, 0.15) is 5.76 Å². The molecule has 7 nitrogen and oxygen atoms in total. The Morgan fingerprint density at radius 2 is 1.70 bits per heavy atom. The van der Waals surface area contributed by atoms with Gasteiger partial charge in [-0.15, -0.1) is 0 Å². The summed E-state index contributed by atoms with van der Waals surface area (Å²) in [6.45, 7) is 1.19. The molecule has 0 radical (unpaired) electrons. The lowest BCUT2D eigenvalue weighted by Gasteiger charge is -2.44. The first-order chi connectivity index (χ1) is 13.0. The first-order valence-electron chi connectivity index (χ1n) is 8.73. The normalized spacial score (nSPS) is 23.6. The van der Waals surface area contributed by atoms with E-state index in [1.807, 2.05) is 0 Å². The fraction of sp³-hybridized carbons (Fsp3) is 0.316. The number of furan rings is 1. The van der Waals surface area contributed by atoms with Gasteiger partial charge in [0.1, 0.15) is 5.76 Å². The van der Waals surface area contributed by atoms with Gasteiger partial charge in [0.25, 0.3) is 0 Å². The Labute approximate surface area is 157 Å². The fourth-order valence-electron chi connectivity index (χ4n) is 3.42. The molecular weight excluding hydrogens is 368 g/mol. The van der Waals surface area contributed by atoms with E-state index in [1.54, 1.807) is 59.7 Å². The number of ether oxygens (including phenoxy) is 1. The highest BCUT2D eigenvalue weighted by molar-refractivity contribution is 7.89. The van der Waals surface area contributed by atoms with E-state index >= 15 is 0 Å². The average Bonchev–Trinajstić information content (AvgIpc) is 3.19. The van der Waals surface area contributed by atoms with Crippen LogP contribution in [0.25, 0.3) is 6.08 Å². The van der Waals surface area contributed by atoms with Gasteiger partial charge in [0.2, 0.25) is 15.9 Å². The minimum Gasteiger partial charge on any atom is -0.465 e. The predicted octanol–water partition coefficient (Wildman–Crippen LogP) is 1.59. The molecule has 1 aromatic heterocycles. The zero-order chi connectivity index (χ0) is 18.9. The van der Waals surface area contributed by atoms with E-state index in [2.05, 4.69) is 0 Å². The summed E-state index contributed by atoms with van der Waals surface area (Å²) in [5.41, 5.74) is 0. The number of benzene rings is 1. The molecular formula is C19H20N2O5S. The summed E-state index contributed by atoms with van der Waals surface area (Å²) in [5, 5.41) is 0. The highest BCUT2D eigenvalue weighted by Crippen LogP contribution is 2.25. The Bertz CT molecular complexity index is 910. The van der Waals surface area contributed by atoms with Crippen LogP contribution in [0.2, 0.25) is 0 Å². The van der Waals surface area contributed by atoms with Crippen molar-refractivity contribution in [2.75, 3.05) is 26.2 Å². The topological polar surface area (TPSA) is 80.1 Å². The van der Waals surface area contributed by atoms with Crippen molar-refractivity contribution in [3.8, 4) is 0 Å². The van der Waals surface area contributed by atoms with Gasteiger partial charge in [-0.05, 0) is 30.3 Å². The van der Waals surface area contributed by atoms with Gasteiger partial charge in [0.05, 0.1) is 23.4 Å². The maximum Gasteiger partial charge on any atom is 0.246 e. The minimum absolute atomic E-state index is 0.135. The summed E-state index contributed by atoms with van der Waals surface area (Å²) >= 11 is 0. The molecule has 2 fully saturated rings. The predicted molar refractivity (Wildman–Crippen MR) is 98.2 cm³/mol. The van der Waals surface area contributed by atoms with Crippen LogP contribution in [0, 0.1) is 0 Å². The van der Waals surface area contributed by atoms with E-state index < -0.39 is 10.0 Å². The molecule has 0 spiro atoms. The van der Waals surface area contributed by atoms with Crippen molar-refractivity contribution in [1.82, 2.24) is 9.21 Å². The van der Waals surface area contributed by atoms with E-state index in [1.165, 1.54) is 10.4 Å². The van der Waals surface area contributed by atoms with E-state index in [-0.39, 0.29) is 36.1 Å². The van der Waals surface area contributed by atoms with Crippen molar-refractivity contribution < 1.29 is 22.4 Å². The maximum absolute atomic E-state index is 12.8. The Morgan fingerprint density at radius 1 is 1.00 bits per heavy atom. The lowest BCUT2D eigenvalue weighted by Crippen LogP contribution is -2.61. The van der Waals surface area contributed by atoms with Crippen LogP contribution >= 0.6 is 0 Å². The smallest absolute Gasteiger partial charge is 0.246 e. The molecule has 1 aromatic carbocycles. The summed E-state index contributed by atoms with van der Waals surface area (Å²) in [4.78, 5) is 14.4. The van der Waals surface area contributed by atoms with Crippen molar-refractivity contribution in [2.45, 2.75) is 17.1 Å². The molecule has 2 atom stereocenters. The number of carbonyl (C=O) groups excluding carboxylic acids is 1. The van der Waals surface area contributed by atoms with Gasteiger partial charge in [0.15, 0.2) is 0 Å². The van der Waals surface area contributed by atoms with Crippen LogP contribution in [0.4, 0.5) is 0 Å². The van der Waals surface area contributed by atoms with Gasteiger partial charge < -0.3 is 14.1 Å². The molecule has 2 saturated heterocycles. The summed E-state index contributed by atoms with van der Waals surface area (Å²) in [6, 6.07) is 11.9. The Balaban J connectivity index is 1.43. The van der Waals surface area contributed by atoms with Crippen LogP contribution in [-0.4, -0.2) is 61.9 Å². The molecule has 4 rings (SSSR count). The molecule has 0 saturated carbocycles. The molecule has 2 aromatic rings. The zero-order valence-corrected chi connectivity index (χ0v) is 15.4. The summed E-state index contributed by atoms with van der Waals surface area (Å²) in [5.74, 6) is 0.473. The van der Waals surface area contributed by atoms with Gasteiger partial charge >= 0.3 is 0 Å². The number of carbonyl (C=O) groups is 1. The number of nitrogens with zero attached hydrogens (tertiary/aromatic N) is 2. The van der Waals surface area contributed by atoms with Gasteiger partial charge in [-0.25, -0.2) is 8.42 Å². The molecule has 2 bridgehead atoms. The van der Waals surface area contributed by atoms with Crippen molar-refractivity contribution in [1.29, 1.82) is 0 Å². The number of hydrogen-bond acceptors (Lipinski definition) is 5. The fourth-order valence-corrected chi connectivity index (χ4v) is 4.94. The number of sulfonamides is 1. The van der Waals surface area contributed by atoms with Crippen molar-refractivity contribution in [3.05, 3.63) is 60.6 Å². The molecule has 8 heteroatoms. The average molecular weight is 388 g/mol. The maximum atomic E-state index is 12.8. The second kappa shape index (κ2) is 7.30. The highest BCUT2D eigenvalue weighted by Gasteiger charge is 2.40. The van der Waals surface area contributed by atoms with Gasteiger partial charge in [-0.3, -0.25) is 4.79 Å². The number of hydrogen-bond donors (Lipinski definition) is 0. The Kier molecular flexibility index (Phi) is 4.86. The summed E-state index contributed by atoms with van der Waals surface area (Å²) < 4.78 is 38.2. The highest BCUT2D eigenvalue weighted by atomic mass is 32.2. The van der Waals surface area contributed by atoms with E-state index in [9.17, 15) is 13.2 Å². The van der Waals surface area contributed by atoms with Crippen LogP contribution in [0.15, 0.2) is 64.1 Å². The van der Waals surface area contributed by atoms with E-state index in [0.29, 0.717) is 18.8 Å². The SMILES string of the molecule is O=C(/C=C/c1ccco1)N1CC2CN(S(=O)(=O)c3ccccc3)CC(C1)O2. The monoisotopic (exact) mass is 388 g/mol. The molecule has 2 aliphatic heterocycles. The van der Waals surface area contributed by atoms with E-state index in [0.717, 1.165) is 0 Å². The third kappa shape index (κ3) is 3.83. The standard InChI is InChI=1S/C19H20N2O5S/c22-19(9-8-15-5-4-10-25-15)20-11-16-13-21(14-17(12-20)26-16)27(23,24)18-6-2-1-3-7-18/h1-10,16-17H,11-14H2/b9-8+. The van der Waals surface area contributed by atoms with E-state index in [4.69, 9.17) is 9.15 Å². The number of fused-ring (bicyclic) bond motifs is 2. The number of rotatable bonds is 4. The van der Waals surface area contributed by atoms with Crippen LogP contribution in [-0.2, 0) is 19.6 Å². The molecule has 142 valence electrons. The largest absolute Gasteiger partial charge is 0.465 e. The quantitative estimate of drug-likeness (QED) is 0.743. The lowest BCUT2D eigenvalue weighted by molar-refractivity contribution is -0.150. The van der Waals surface area contributed by atoms with Crippen LogP contribution < -0.4 is 0 Å². The van der Waals surface area contributed by atoms with Crippen molar-refractivity contribution >= 4 is 22.0 Å². The second-order valence-corrected chi connectivity index (χ2v) is 8.55. The summed E-state index contributed by atoms with van der Waals surface area (Å²) in [6.07, 6.45) is 3.97. The number of amides is 1. The van der Waals surface area contributed by atoms with Gasteiger partial charge in [-0.1, -0.05) is 18.2 Å². The number of morpholine rings is 2. The second-order valence-electron chi connectivity index (χ2n) is 6.61. The molecule has 2 unspecified atom stereocenters. The molecule has 3 heterocycles.